The molecular formula is C11H28N2Si. The van der Waals surface area contributed by atoms with Crippen LogP contribution < -0.4 is 0 Å². The van der Waals surface area contributed by atoms with Crippen LogP contribution in [0.4, 0.5) is 0 Å². The summed E-state index contributed by atoms with van der Waals surface area (Å²) in [6.07, 6.45) is 0. The molecule has 0 N–H and O–H groups in total. The van der Waals surface area contributed by atoms with Crippen LogP contribution in [-0.2, 0) is 0 Å². The van der Waals surface area contributed by atoms with Gasteiger partial charge < -0.3 is 9.13 Å². The molecule has 0 aliphatic rings. The van der Waals surface area contributed by atoms with Gasteiger partial charge in [0.2, 0.25) is 8.40 Å². The molecule has 0 amide bonds. The summed E-state index contributed by atoms with van der Waals surface area (Å²) < 4.78 is 5.39. The third kappa shape index (κ3) is 2.81. The molecular weight excluding hydrogens is 188 g/mol. The van der Waals surface area contributed by atoms with Crippen molar-refractivity contribution in [3.05, 3.63) is 0 Å². The lowest BCUT2D eigenvalue weighted by Crippen LogP contribution is -2.63. The smallest absolute Gasteiger partial charge is 0.203 e. The Balaban J connectivity index is 4.72. The van der Waals surface area contributed by atoms with E-state index in [2.05, 4.69) is 50.3 Å². The maximum Gasteiger partial charge on any atom is 0.203 e. The van der Waals surface area contributed by atoms with E-state index in [9.17, 15) is 0 Å². The standard InChI is InChI=1S/C11H28N2Si/c1-7-12(8-2)14(6,11-5)13(9-3)10-4/h7-11H2,1-6H3. The van der Waals surface area contributed by atoms with Gasteiger partial charge in [0.05, 0.1) is 0 Å². The molecule has 0 fully saturated rings. The normalized spacial score (nSPS) is 12.9. The maximum absolute atomic E-state index is 2.69. The highest BCUT2D eigenvalue weighted by Gasteiger charge is 2.36. The van der Waals surface area contributed by atoms with E-state index in [1.807, 2.05) is 0 Å². The fraction of sp³-hybridized carbons (Fsp3) is 1.00. The first-order valence-corrected chi connectivity index (χ1v) is 8.70. The molecule has 0 heterocycles. The molecule has 0 aliphatic heterocycles. The highest BCUT2D eigenvalue weighted by Crippen LogP contribution is 2.19. The largest absolute Gasteiger partial charge is 0.312 e. The molecule has 0 aromatic heterocycles. The average Bonchev–Trinajstić information content (AvgIpc) is 2.21. The van der Waals surface area contributed by atoms with Gasteiger partial charge in [0.15, 0.2) is 0 Å². The molecule has 14 heavy (non-hydrogen) atoms. The van der Waals surface area contributed by atoms with E-state index in [0.29, 0.717) is 0 Å². The van der Waals surface area contributed by atoms with E-state index in [-0.39, 0.29) is 0 Å². The van der Waals surface area contributed by atoms with Gasteiger partial charge in [-0.2, -0.15) is 0 Å². The number of hydrogen-bond donors (Lipinski definition) is 0. The van der Waals surface area contributed by atoms with Crippen molar-refractivity contribution in [1.82, 2.24) is 9.13 Å². The summed E-state index contributed by atoms with van der Waals surface area (Å²) in [6.45, 7) is 18.8. The van der Waals surface area contributed by atoms with Crippen LogP contribution in [0, 0.1) is 0 Å². The third-order valence-electron chi connectivity index (χ3n) is 3.56. The number of rotatable bonds is 7. The quantitative estimate of drug-likeness (QED) is 0.604. The Bertz CT molecular complexity index is 130. The van der Waals surface area contributed by atoms with E-state index in [4.69, 9.17) is 0 Å². The van der Waals surface area contributed by atoms with Crippen LogP contribution in [0.15, 0.2) is 0 Å². The van der Waals surface area contributed by atoms with Crippen LogP contribution in [-0.4, -0.2) is 43.7 Å². The van der Waals surface area contributed by atoms with E-state index in [1.54, 1.807) is 0 Å². The van der Waals surface area contributed by atoms with Gasteiger partial charge in [-0.1, -0.05) is 34.6 Å². The second-order valence-electron chi connectivity index (χ2n) is 3.92. The van der Waals surface area contributed by atoms with E-state index < -0.39 is 8.40 Å². The molecule has 86 valence electrons. The minimum atomic E-state index is -1.32. The zero-order chi connectivity index (χ0) is 11.2. The zero-order valence-corrected chi connectivity index (χ0v) is 11.9. The molecule has 0 saturated carbocycles. The van der Waals surface area contributed by atoms with Crippen molar-refractivity contribution in [2.75, 3.05) is 26.2 Å². The fourth-order valence-electron chi connectivity index (χ4n) is 2.46. The summed E-state index contributed by atoms with van der Waals surface area (Å²) in [6, 6.07) is 1.33. The molecule has 0 atom stereocenters. The second kappa shape index (κ2) is 6.59. The monoisotopic (exact) mass is 216 g/mol. The Labute approximate surface area is 91.4 Å². The van der Waals surface area contributed by atoms with Gasteiger partial charge in [0.25, 0.3) is 0 Å². The molecule has 3 heteroatoms. The minimum Gasteiger partial charge on any atom is -0.312 e. The van der Waals surface area contributed by atoms with Crippen molar-refractivity contribution in [3.8, 4) is 0 Å². The van der Waals surface area contributed by atoms with E-state index in [0.717, 1.165) is 0 Å². The van der Waals surface area contributed by atoms with Crippen LogP contribution in [0.2, 0.25) is 12.6 Å². The van der Waals surface area contributed by atoms with Crippen molar-refractivity contribution < 1.29 is 0 Å². The minimum absolute atomic E-state index is 1.20. The summed E-state index contributed by atoms with van der Waals surface area (Å²) in [5.41, 5.74) is 0. The van der Waals surface area contributed by atoms with Crippen molar-refractivity contribution in [2.24, 2.45) is 0 Å². The van der Waals surface area contributed by atoms with E-state index in [1.165, 1.54) is 32.2 Å². The van der Waals surface area contributed by atoms with Gasteiger partial charge >= 0.3 is 0 Å². The van der Waals surface area contributed by atoms with Crippen LogP contribution in [0.5, 0.6) is 0 Å². The summed E-state index contributed by atoms with van der Waals surface area (Å²) in [5, 5.41) is 0. The Morgan fingerprint density at radius 3 is 1.14 bits per heavy atom. The SMILES string of the molecule is CCN(CC)[Si](C)(CC)N(CC)CC. The highest BCUT2D eigenvalue weighted by molar-refractivity contribution is 6.73. The average molecular weight is 216 g/mol. The summed E-state index contributed by atoms with van der Waals surface area (Å²) >= 11 is 0. The molecule has 0 aromatic carbocycles. The van der Waals surface area contributed by atoms with Crippen LogP contribution in [0.3, 0.4) is 0 Å². The first-order valence-electron chi connectivity index (χ1n) is 6.10. The fourth-order valence-corrected chi connectivity index (χ4v) is 6.48. The first kappa shape index (κ1) is 14.1. The Kier molecular flexibility index (Phi) is 6.65. The topological polar surface area (TPSA) is 6.48 Å². The third-order valence-corrected chi connectivity index (χ3v) is 8.89. The summed E-state index contributed by atoms with van der Waals surface area (Å²) in [5.74, 6) is 0. The maximum atomic E-state index is 2.69. The second-order valence-corrected chi connectivity index (χ2v) is 8.32. The molecule has 0 unspecified atom stereocenters. The van der Waals surface area contributed by atoms with Gasteiger partial charge in [-0.25, -0.2) is 0 Å². The van der Waals surface area contributed by atoms with Crippen molar-refractivity contribution in [2.45, 2.75) is 47.2 Å². The number of hydrogen-bond acceptors (Lipinski definition) is 2. The van der Waals surface area contributed by atoms with Gasteiger partial charge in [-0.3, -0.25) is 0 Å². The molecule has 0 rings (SSSR count). The summed E-state index contributed by atoms with van der Waals surface area (Å²) in [4.78, 5) is 0. The molecule has 0 radical (unpaired) electrons. The molecule has 0 aliphatic carbocycles. The first-order chi connectivity index (χ1) is 6.60. The molecule has 0 aromatic rings. The van der Waals surface area contributed by atoms with Gasteiger partial charge in [0.1, 0.15) is 0 Å². The van der Waals surface area contributed by atoms with Gasteiger partial charge in [-0.05, 0) is 38.8 Å². The lowest BCUT2D eigenvalue weighted by atomic mass is 10.7. The van der Waals surface area contributed by atoms with E-state index >= 15 is 0 Å². The van der Waals surface area contributed by atoms with Crippen molar-refractivity contribution >= 4 is 8.40 Å². The lowest BCUT2D eigenvalue weighted by molar-refractivity contribution is 0.355. The van der Waals surface area contributed by atoms with Gasteiger partial charge in [0, 0.05) is 0 Å². The zero-order valence-electron chi connectivity index (χ0n) is 10.9. The highest BCUT2D eigenvalue weighted by atomic mass is 28.3. The van der Waals surface area contributed by atoms with Crippen LogP contribution in [0.25, 0.3) is 0 Å². The molecule has 0 spiro atoms. The number of nitrogens with zero attached hydrogens (tertiary/aromatic N) is 2. The molecule has 2 nitrogen and oxygen atoms in total. The molecule has 0 bridgehead atoms. The van der Waals surface area contributed by atoms with Crippen molar-refractivity contribution in [1.29, 1.82) is 0 Å². The Morgan fingerprint density at radius 2 is 1.00 bits per heavy atom. The summed E-state index contributed by atoms with van der Waals surface area (Å²) in [7, 11) is -1.32. The van der Waals surface area contributed by atoms with Crippen LogP contribution in [0.1, 0.15) is 34.6 Å². The molecule has 0 saturated heterocycles. The Hall–Kier alpha value is 0.137. The van der Waals surface area contributed by atoms with Crippen molar-refractivity contribution in [3.63, 3.8) is 0 Å². The predicted molar refractivity (Wildman–Crippen MR) is 67.9 cm³/mol. The Morgan fingerprint density at radius 1 is 0.714 bits per heavy atom. The predicted octanol–water partition coefficient (Wildman–Crippen LogP) is 2.76. The van der Waals surface area contributed by atoms with Gasteiger partial charge in [-0.15, -0.1) is 0 Å². The lowest BCUT2D eigenvalue weighted by Gasteiger charge is -2.45. The van der Waals surface area contributed by atoms with Crippen LogP contribution >= 0.6 is 0 Å².